The van der Waals surface area contributed by atoms with Gasteiger partial charge >= 0.3 is 173 Å². The molecule has 0 saturated carbocycles. The van der Waals surface area contributed by atoms with Crippen LogP contribution < -0.4 is 8.79 Å². The second-order valence-corrected chi connectivity index (χ2v) is 16.0. The summed E-state index contributed by atoms with van der Waals surface area (Å²) in [4.78, 5) is -1.49. The third-order valence-electron chi connectivity index (χ3n) is 5.30. The maximum absolute atomic E-state index is 14.2. The average Bonchev–Trinajstić information content (AvgIpc) is 2.94. The molecule has 0 aliphatic carbocycles. The van der Waals surface area contributed by atoms with Gasteiger partial charge in [-0.15, -0.1) is 0 Å². The van der Waals surface area contributed by atoms with Crippen molar-refractivity contribution in [3.8, 4) is 0 Å². The van der Waals surface area contributed by atoms with Gasteiger partial charge in [0.05, 0.1) is 0 Å². The van der Waals surface area contributed by atoms with Crippen molar-refractivity contribution in [3.05, 3.63) is 60.2 Å². The van der Waals surface area contributed by atoms with Crippen molar-refractivity contribution in [1.29, 1.82) is 0 Å². The minimum atomic E-state index is -5.76. The van der Waals surface area contributed by atoms with Crippen LogP contribution >= 0.6 is 0 Å². The molecule has 1 aliphatic heterocycles. The van der Waals surface area contributed by atoms with E-state index in [-0.39, 0.29) is 15.2 Å². The van der Waals surface area contributed by atoms with E-state index in [1.54, 1.807) is 26.8 Å². The Morgan fingerprint density at radius 1 is 0.867 bits per heavy atom. The Balaban J connectivity index is 2.40. The van der Waals surface area contributed by atoms with Crippen LogP contribution in [0.15, 0.2) is 54.6 Å². The van der Waals surface area contributed by atoms with Crippen molar-refractivity contribution in [2.24, 2.45) is 5.41 Å². The predicted octanol–water partition coefficient (Wildman–Crippen LogP) is 4.43. The summed E-state index contributed by atoms with van der Waals surface area (Å²) in [6.07, 6.45) is -11.5. The molecule has 0 spiro atoms. The summed E-state index contributed by atoms with van der Waals surface area (Å²) in [5.74, 6) is 0. The van der Waals surface area contributed by atoms with Crippen LogP contribution in [0.3, 0.4) is 0 Å². The van der Waals surface area contributed by atoms with Gasteiger partial charge in [0.2, 0.25) is 0 Å². The van der Waals surface area contributed by atoms with Crippen molar-refractivity contribution in [3.63, 3.8) is 0 Å². The Bertz CT molecular complexity index is 890. The predicted molar refractivity (Wildman–Crippen MR) is 103 cm³/mol. The number of alkyl halides is 6. The molecule has 1 heterocycles. The molecule has 164 valence electrons. The topological polar surface area (TPSA) is 29.5 Å². The minimum absolute atomic E-state index is 0.0119. The van der Waals surface area contributed by atoms with E-state index in [0.29, 0.717) is 0 Å². The Morgan fingerprint density at radius 2 is 1.37 bits per heavy atom. The van der Waals surface area contributed by atoms with Gasteiger partial charge in [-0.3, -0.25) is 0 Å². The molecule has 2 aromatic rings. The van der Waals surface area contributed by atoms with Crippen molar-refractivity contribution < 1.29 is 35.2 Å². The van der Waals surface area contributed by atoms with Gasteiger partial charge in [0, 0.05) is 0 Å². The summed E-state index contributed by atoms with van der Waals surface area (Å²) >= 11 is -5.09. The first kappa shape index (κ1) is 23.2. The second-order valence-electron chi connectivity index (χ2n) is 8.71. The summed E-state index contributed by atoms with van der Waals surface area (Å²) < 4.78 is 90.3. The van der Waals surface area contributed by atoms with Crippen LogP contribution in [0, 0.1) is 5.41 Å². The molecule has 1 N–H and O–H groups in total. The Kier molecular flexibility index (Phi) is 5.61. The van der Waals surface area contributed by atoms with Crippen LogP contribution in [0.1, 0.15) is 32.8 Å². The van der Waals surface area contributed by atoms with E-state index in [0.717, 1.165) is 12.1 Å². The van der Waals surface area contributed by atoms with Gasteiger partial charge in [0.25, 0.3) is 0 Å². The second kappa shape index (κ2) is 7.27. The van der Waals surface area contributed by atoms with Crippen LogP contribution in [-0.4, -0.2) is 36.0 Å². The fourth-order valence-corrected chi connectivity index (χ4v) is 14.3. The number of halogens is 6. The zero-order valence-electron chi connectivity index (χ0n) is 16.6. The summed E-state index contributed by atoms with van der Waals surface area (Å²) in [6, 6.07) is 12.1. The van der Waals surface area contributed by atoms with E-state index < -0.39 is 47.5 Å². The molecule has 2 unspecified atom stereocenters. The number of aliphatic hydroxyl groups excluding tert-OH is 1. The molecule has 0 amide bonds. The standard InChI is InChI=1S/C21H22F6GeO2/c1-18(2,3)13-17(29)28(14-9-5-4-6-10-14)16-12-8-7-11-15(16)19(30-28,20(22,23)24)21(25,26)27/h4-12,17,29H,13H2,1-3H3. The monoisotopic (exact) mass is 494 g/mol. The van der Waals surface area contributed by atoms with Crippen LogP contribution in [-0.2, 0) is 9.36 Å². The molecule has 2 atom stereocenters. The summed E-state index contributed by atoms with van der Waals surface area (Å²) in [7, 11) is 0. The summed E-state index contributed by atoms with van der Waals surface area (Å²) in [5, 5.41) is 11.2. The first-order valence-electron chi connectivity index (χ1n) is 9.34. The van der Waals surface area contributed by atoms with Crippen LogP contribution in [0.4, 0.5) is 26.3 Å². The fraction of sp³-hybridized carbons (Fsp3) is 0.429. The van der Waals surface area contributed by atoms with Gasteiger partial charge in [-0.1, -0.05) is 0 Å². The van der Waals surface area contributed by atoms with Crippen LogP contribution in [0.5, 0.6) is 0 Å². The van der Waals surface area contributed by atoms with Crippen molar-refractivity contribution in [2.45, 2.75) is 50.1 Å². The van der Waals surface area contributed by atoms with Gasteiger partial charge in [-0.25, -0.2) is 0 Å². The molecule has 0 radical (unpaired) electrons. The first-order chi connectivity index (χ1) is 13.7. The SMILES string of the molecule is CC(C)(C)C[CH](O)[Ge]1([c]2ccccc2)[O]C(C(F)(F)F)(C(F)(F)F)c2cccc[c]21. The first-order valence-corrected chi connectivity index (χ1v) is 13.5. The number of rotatable bonds is 3. The number of aliphatic hydroxyl groups is 1. The molecule has 0 aromatic heterocycles. The van der Waals surface area contributed by atoms with E-state index in [2.05, 4.69) is 0 Å². The van der Waals surface area contributed by atoms with Crippen LogP contribution in [0.25, 0.3) is 0 Å². The van der Waals surface area contributed by atoms with E-state index in [1.807, 2.05) is 0 Å². The quantitative estimate of drug-likeness (QED) is 0.507. The fourth-order valence-electron chi connectivity index (χ4n) is 4.11. The molecule has 3 rings (SSSR count). The van der Waals surface area contributed by atoms with Crippen molar-refractivity contribution >= 4 is 22.4 Å². The molecule has 0 fully saturated rings. The van der Waals surface area contributed by atoms with E-state index in [4.69, 9.17) is 3.76 Å². The molecular formula is C21H22F6GeO2. The van der Waals surface area contributed by atoms with Gasteiger partial charge < -0.3 is 0 Å². The normalized spacial score (nSPS) is 22.6. The van der Waals surface area contributed by atoms with Gasteiger partial charge in [-0.05, 0) is 0 Å². The van der Waals surface area contributed by atoms with Gasteiger partial charge in [-0.2, -0.15) is 0 Å². The molecule has 2 nitrogen and oxygen atoms in total. The molecular weight excluding hydrogens is 471 g/mol. The average molecular weight is 493 g/mol. The van der Waals surface area contributed by atoms with E-state index in [1.165, 1.54) is 36.4 Å². The summed E-state index contributed by atoms with van der Waals surface area (Å²) in [6.45, 7) is 5.29. The molecule has 9 heteroatoms. The zero-order chi connectivity index (χ0) is 22.6. The van der Waals surface area contributed by atoms with Crippen molar-refractivity contribution in [2.75, 3.05) is 0 Å². The van der Waals surface area contributed by atoms with Crippen molar-refractivity contribution in [1.82, 2.24) is 0 Å². The molecule has 2 aromatic carbocycles. The van der Waals surface area contributed by atoms with E-state index in [9.17, 15) is 31.4 Å². The Morgan fingerprint density at radius 3 is 1.87 bits per heavy atom. The third-order valence-corrected chi connectivity index (χ3v) is 14.1. The van der Waals surface area contributed by atoms with E-state index >= 15 is 0 Å². The Hall–Kier alpha value is -1.52. The summed E-state index contributed by atoms with van der Waals surface area (Å²) in [5.41, 5.74) is -6.00. The molecule has 0 saturated heterocycles. The molecule has 0 bridgehead atoms. The zero-order valence-corrected chi connectivity index (χ0v) is 18.7. The van der Waals surface area contributed by atoms with Gasteiger partial charge in [0.15, 0.2) is 0 Å². The van der Waals surface area contributed by atoms with Crippen LogP contribution in [0.2, 0.25) is 0 Å². The Labute approximate surface area is 173 Å². The number of benzene rings is 2. The number of hydrogen-bond donors (Lipinski definition) is 1. The number of hydrogen-bond acceptors (Lipinski definition) is 2. The molecule has 30 heavy (non-hydrogen) atoms. The maximum atomic E-state index is 14.2. The van der Waals surface area contributed by atoms with Gasteiger partial charge in [0.1, 0.15) is 0 Å². The third kappa shape index (κ3) is 3.46. The number of fused-ring (bicyclic) bond motifs is 1. The molecule has 1 aliphatic rings.